The Labute approximate surface area is 183 Å². The lowest BCUT2D eigenvalue weighted by Gasteiger charge is -2.32. The van der Waals surface area contributed by atoms with E-state index in [2.05, 4.69) is 22.3 Å². The van der Waals surface area contributed by atoms with Gasteiger partial charge in [0, 0.05) is 25.3 Å². The van der Waals surface area contributed by atoms with E-state index in [-0.39, 0.29) is 18.2 Å². The fourth-order valence-corrected chi connectivity index (χ4v) is 4.02. The van der Waals surface area contributed by atoms with Gasteiger partial charge in [-0.25, -0.2) is 4.79 Å². The Balaban J connectivity index is 1.31. The van der Waals surface area contributed by atoms with Crippen LogP contribution in [-0.4, -0.2) is 30.2 Å². The van der Waals surface area contributed by atoms with Crippen LogP contribution in [0.2, 0.25) is 0 Å². The van der Waals surface area contributed by atoms with Crippen LogP contribution in [0.1, 0.15) is 35.6 Å². The highest BCUT2D eigenvalue weighted by atomic mass is 16.6. The number of carbonyl (C=O) groups is 1. The minimum Gasteiger partial charge on any atom is -0.446 e. The van der Waals surface area contributed by atoms with E-state index in [9.17, 15) is 4.79 Å². The van der Waals surface area contributed by atoms with Crippen molar-refractivity contribution in [1.29, 1.82) is 0 Å². The maximum atomic E-state index is 12.7. The fourth-order valence-electron chi connectivity index (χ4n) is 4.02. The quantitative estimate of drug-likeness (QED) is 0.570. The van der Waals surface area contributed by atoms with Gasteiger partial charge in [-0.1, -0.05) is 72.8 Å². The molecule has 0 spiro atoms. The van der Waals surface area contributed by atoms with Crippen LogP contribution >= 0.6 is 0 Å². The Bertz CT molecular complexity index is 913. The second-order valence-corrected chi connectivity index (χ2v) is 8.02. The molecule has 0 unspecified atom stereocenters. The Hall–Kier alpha value is -3.31. The number of nitrogens with one attached hydrogen (secondary N) is 1. The fraction of sp³-hybridized carbons (Fsp3) is 0.269. The van der Waals surface area contributed by atoms with Gasteiger partial charge in [-0.2, -0.15) is 0 Å². The van der Waals surface area contributed by atoms with Gasteiger partial charge in [-0.3, -0.25) is 4.90 Å². The molecule has 1 aliphatic rings. The monoisotopic (exact) mass is 415 g/mol. The minimum absolute atomic E-state index is 0.0603. The van der Waals surface area contributed by atoms with E-state index in [0.29, 0.717) is 0 Å². The summed E-state index contributed by atoms with van der Waals surface area (Å²) < 4.78 is 5.79. The zero-order valence-electron chi connectivity index (χ0n) is 17.6. The lowest BCUT2D eigenvalue weighted by atomic mass is 9.99. The predicted molar refractivity (Wildman–Crippen MR) is 123 cm³/mol. The van der Waals surface area contributed by atoms with Crippen LogP contribution in [0.4, 0.5) is 10.5 Å². The van der Waals surface area contributed by atoms with Crippen molar-refractivity contribution in [1.82, 2.24) is 10.2 Å². The molecule has 0 saturated carbocycles. The van der Waals surface area contributed by atoms with Gasteiger partial charge in [0.2, 0.25) is 0 Å². The SMILES string of the molecule is Nc1ccc(CN2CCC(OC(=O)NC(c3ccccc3)c3ccccc3)CC2)cc1. The lowest BCUT2D eigenvalue weighted by Crippen LogP contribution is -2.40. The second-order valence-electron chi connectivity index (χ2n) is 8.02. The molecule has 0 aliphatic carbocycles. The summed E-state index contributed by atoms with van der Waals surface area (Å²) in [5.74, 6) is 0. The van der Waals surface area contributed by atoms with Crippen molar-refractivity contribution in [3.63, 3.8) is 0 Å². The van der Waals surface area contributed by atoms with Crippen molar-refractivity contribution in [2.75, 3.05) is 18.8 Å². The number of hydrogen-bond donors (Lipinski definition) is 2. The number of anilines is 1. The molecule has 0 bridgehead atoms. The largest absolute Gasteiger partial charge is 0.446 e. The van der Waals surface area contributed by atoms with Crippen LogP contribution < -0.4 is 11.1 Å². The van der Waals surface area contributed by atoms with E-state index in [4.69, 9.17) is 10.5 Å². The first-order chi connectivity index (χ1) is 15.2. The standard InChI is InChI=1S/C26H29N3O2/c27-23-13-11-20(12-14-23)19-29-17-15-24(16-18-29)31-26(30)28-25(21-7-3-1-4-8-21)22-9-5-2-6-10-22/h1-14,24-25H,15-19,27H2,(H,28,30). The average Bonchev–Trinajstić information content (AvgIpc) is 2.81. The first-order valence-corrected chi connectivity index (χ1v) is 10.8. The number of benzene rings is 3. The number of likely N-dealkylation sites (tertiary alicyclic amines) is 1. The van der Waals surface area contributed by atoms with Crippen molar-refractivity contribution in [3.8, 4) is 0 Å². The molecule has 0 atom stereocenters. The zero-order chi connectivity index (χ0) is 21.5. The number of nitrogens with zero attached hydrogens (tertiary/aromatic N) is 1. The number of amides is 1. The molecular formula is C26H29N3O2. The van der Waals surface area contributed by atoms with E-state index in [1.54, 1.807) is 0 Å². The highest BCUT2D eigenvalue weighted by Gasteiger charge is 2.24. The van der Waals surface area contributed by atoms with Crippen LogP contribution in [0, 0.1) is 0 Å². The van der Waals surface area contributed by atoms with Crippen molar-refractivity contribution >= 4 is 11.8 Å². The molecule has 3 N–H and O–H groups in total. The normalized spacial score (nSPS) is 15.0. The van der Waals surface area contributed by atoms with Crippen LogP contribution in [0.5, 0.6) is 0 Å². The molecule has 5 heteroatoms. The van der Waals surface area contributed by atoms with Crippen molar-refractivity contribution < 1.29 is 9.53 Å². The molecule has 160 valence electrons. The van der Waals surface area contributed by atoms with Crippen molar-refractivity contribution in [2.45, 2.75) is 31.5 Å². The minimum atomic E-state index is -0.366. The molecule has 1 aliphatic heterocycles. The van der Waals surface area contributed by atoms with Gasteiger partial charge < -0.3 is 15.8 Å². The lowest BCUT2D eigenvalue weighted by molar-refractivity contribution is 0.0476. The van der Waals surface area contributed by atoms with Crippen LogP contribution in [0.15, 0.2) is 84.9 Å². The number of rotatable bonds is 6. The molecule has 3 aromatic rings. The number of carbonyl (C=O) groups excluding carboxylic acids is 1. The number of ether oxygens (including phenoxy) is 1. The smallest absolute Gasteiger partial charge is 0.408 e. The Morgan fingerprint density at radius 1 is 0.903 bits per heavy atom. The second kappa shape index (κ2) is 10.1. The highest BCUT2D eigenvalue weighted by molar-refractivity contribution is 5.69. The molecule has 0 aromatic heterocycles. The summed E-state index contributed by atoms with van der Waals surface area (Å²) >= 11 is 0. The van der Waals surface area contributed by atoms with Crippen LogP contribution in [0.3, 0.4) is 0 Å². The maximum absolute atomic E-state index is 12.7. The molecule has 1 saturated heterocycles. The maximum Gasteiger partial charge on any atom is 0.408 e. The number of nitrogens with two attached hydrogens (primary N) is 1. The summed E-state index contributed by atoms with van der Waals surface area (Å²) in [7, 11) is 0. The summed E-state index contributed by atoms with van der Waals surface area (Å²) in [6.45, 7) is 2.70. The van der Waals surface area contributed by atoms with E-state index in [1.165, 1.54) is 5.56 Å². The molecular weight excluding hydrogens is 386 g/mol. The molecule has 1 fully saturated rings. The average molecular weight is 416 g/mol. The predicted octanol–water partition coefficient (Wildman–Crippen LogP) is 4.75. The van der Waals surface area contributed by atoms with Gasteiger partial charge in [-0.15, -0.1) is 0 Å². The van der Waals surface area contributed by atoms with Gasteiger partial charge in [0.25, 0.3) is 0 Å². The zero-order valence-corrected chi connectivity index (χ0v) is 17.6. The van der Waals surface area contributed by atoms with E-state index in [0.717, 1.165) is 49.3 Å². The van der Waals surface area contributed by atoms with Gasteiger partial charge >= 0.3 is 6.09 Å². The summed E-state index contributed by atoms with van der Waals surface area (Å²) in [5.41, 5.74) is 9.86. The van der Waals surface area contributed by atoms with Gasteiger partial charge in [0.15, 0.2) is 0 Å². The Kier molecular flexibility index (Phi) is 6.85. The third-order valence-electron chi connectivity index (χ3n) is 5.72. The molecule has 4 rings (SSSR count). The molecule has 31 heavy (non-hydrogen) atoms. The summed E-state index contributed by atoms with van der Waals surface area (Å²) in [6.07, 6.45) is 1.25. The molecule has 1 amide bonds. The highest BCUT2D eigenvalue weighted by Crippen LogP contribution is 2.23. The van der Waals surface area contributed by atoms with Crippen LogP contribution in [0.25, 0.3) is 0 Å². The summed E-state index contributed by atoms with van der Waals surface area (Å²) in [4.78, 5) is 15.1. The van der Waals surface area contributed by atoms with Crippen LogP contribution in [-0.2, 0) is 11.3 Å². The number of hydrogen-bond acceptors (Lipinski definition) is 4. The Morgan fingerprint density at radius 3 is 2.00 bits per heavy atom. The molecule has 5 nitrogen and oxygen atoms in total. The number of nitrogen functional groups attached to an aromatic ring is 1. The molecule has 3 aromatic carbocycles. The van der Waals surface area contributed by atoms with E-state index < -0.39 is 0 Å². The first-order valence-electron chi connectivity index (χ1n) is 10.8. The van der Waals surface area contributed by atoms with E-state index >= 15 is 0 Å². The first kappa shape index (κ1) is 20.9. The third kappa shape index (κ3) is 5.86. The number of alkyl carbamates (subject to hydrolysis) is 1. The summed E-state index contributed by atoms with van der Waals surface area (Å²) in [6, 6.07) is 27.7. The van der Waals surface area contributed by atoms with Gasteiger partial charge in [-0.05, 0) is 41.7 Å². The molecule has 0 radical (unpaired) electrons. The Morgan fingerprint density at radius 2 is 1.45 bits per heavy atom. The summed E-state index contributed by atoms with van der Waals surface area (Å²) in [5, 5.41) is 3.07. The topological polar surface area (TPSA) is 67.6 Å². The van der Waals surface area contributed by atoms with E-state index in [1.807, 2.05) is 72.8 Å². The third-order valence-corrected chi connectivity index (χ3v) is 5.72. The van der Waals surface area contributed by atoms with Gasteiger partial charge in [0.1, 0.15) is 6.10 Å². The van der Waals surface area contributed by atoms with Gasteiger partial charge in [0.05, 0.1) is 6.04 Å². The van der Waals surface area contributed by atoms with Crippen molar-refractivity contribution in [3.05, 3.63) is 102 Å². The van der Waals surface area contributed by atoms with Crippen molar-refractivity contribution in [2.24, 2.45) is 0 Å². The number of piperidine rings is 1. The molecule has 1 heterocycles.